The third-order valence-corrected chi connectivity index (χ3v) is 6.71. The summed E-state index contributed by atoms with van der Waals surface area (Å²) in [5.41, 5.74) is 1.72. The number of rotatable bonds is 7. The number of allylic oxidation sites excluding steroid dienone is 3. The zero-order valence-corrected chi connectivity index (χ0v) is 19.5. The monoisotopic (exact) mass is 461 g/mol. The largest absolute Gasteiger partial charge is 0.468 e. The number of thioether (sulfide) groups is 1. The molecule has 1 aromatic carbocycles. The molecule has 1 aromatic rings. The first-order valence-corrected chi connectivity index (χ1v) is 11.8. The van der Waals surface area contributed by atoms with Crippen molar-refractivity contribution in [1.82, 2.24) is 5.32 Å². The lowest BCUT2D eigenvalue weighted by molar-refractivity contribution is -0.151. The minimum Gasteiger partial charge on any atom is -0.468 e. The fourth-order valence-corrected chi connectivity index (χ4v) is 4.88. The standard InChI is InChI=1S/C24H28FNO5S/c1-5-32-11-10-31-24(29)19-14(3)26-17-12-13(2)18(23(28)30-4)22(27)21(17)20(19)15-8-6-7-9-16(15)25/h6-9,13,18,20,26H,5,10-12H2,1-4H3/t13-,18+,20-/m0/s1. The zero-order valence-electron chi connectivity index (χ0n) is 18.7. The number of Topliss-reactive ketones (excluding diaryl/α,β-unsaturated/α-hetero) is 1. The summed E-state index contributed by atoms with van der Waals surface area (Å²) in [6.45, 7) is 5.74. The van der Waals surface area contributed by atoms with Crippen molar-refractivity contribution in [3.05, 3.63) is 58.2 Å². The maximum absolute atomic E-state index is 15.0. The van der Waals surface area contributed by atoms with Gasteiger partial charge in [0.2, 0.25) is 0 Å². The average molecular weight is 462 g/mol. The lowest BCUT2D eigenvalue weighted by atomic mass is 9.69. The molecular weight excluding hydrogens is 433 g/mol. The quantitative estimate of drug-likeness (QED) is 0.376. The van der Waals surface area contributed by atoms with E-state index in [9.17, 15) is 18.8 Å². The first kappa shape index (κ1) is 24.0. The van der Waals surface area contributed by atoms with E-state index in [1.165, 1.54) is 13.2 Å². The summed E-state index contributed by atoms with van der Waals surface area (Å²) in [5.74, 6) is -2.96. The van der Waals surface area contributed by atoms with E-state index in [1.807, 2.05) is 6.92 Å². The molecule has 1 aliphatic heterocycles. The van der Waals surface area contributed by atoms with Crippen molar-refractivity contribution in [1.29, 1.82) is 0 Å². The van der Waals surface area contributed by atoms with Gasteiger partial charge in [0.1, 0.15) is 18.3 Å². The number of hydrogen-bond donors (Lipinski definition) is 1. The summed E-state index contributed by atoms with van der Waals surface area (Å²) >= 11 is 1.64. The number of hydrogen-bond acceptors (Lipinski definition) is 7. The van der Waals surface area contributed by atoms with Crippen molar-refractivity contribution in [2.24, 2.45) is 11.8 Å². The predicted molar refractivity (Wildman–Crippen MR) is 120 cm³/mol. The number of carbonyl (C=O) groups excluding carboxylic acids is 3. The zero-order chi connectivity index (χ0) is 23.4. The summed E-state index contributed by atoms with van der Waals surface area (Å²) in [5, 5.41) is 3.17. The Bertz CT molecular complexity index is 986. The predicted octanol–water partition coefficient (Wildman–Crippen LogP) is 3.74. The molecular formula is C24H28FNO5S. The molecule has 0 fully saturated rings. The number of ketones is 1. The van der Waals surface area contributed by atoms with Gasteiger partial charge in [0.05, 0.1) is 18.6 Å². The molecule has 1 aliphatic carbocycles. The van der Waals surface area contributed by atoms with E-state index >= 15 is 0 Å². The molecule has 0 spiro atoms. The molecule has 8 heteroatoms. The summed E-state index contributed by atoms with van der Waals surface area (Å²) in [4.78, 5) is 39.0. The molecule has 2 aliphatic rings. The maximum Gasteiger partial charge on any atom is 0.336 e. The molecule has 3 atom stereocenters. The van der Waals surface area contributed by atoms with E-state index in [0.29, 0.717) is 23.6 Å². The van der Waals surface area contributed by atoms with Crippen LogP contribution in [0.1, 0.15) is 38.7 Å². The van der Waals surface area contributed by atoms with Gasteiger partial charge in [-0.25, -0.2) is 9.18 Å². The molecule has 1 heterocycles. The third-order valence-electron chi connectivity index (χ3n) is 5.84. The molecule has 32 heavy (non-hydrogen) atoms. The molecule has 0 bridgehead atoms. The van der Waals surface area contributed by atoms with E-state index < -0.39 is 35.4 Å². The van der Waals surface area contributed by atoms with E-state index in [1.54, 1.807) is 43.8 Å². The Balaban J connectivity index is 2.09. The van der Waals surface area contributed by atoms with Gasteiger partial charge in [-0.2, -0.15) is 11.8 Å². The Hall–Kier alpha value is -2.61. The fraction of sp³-hybridized carbons (Fsp3) is 0.458. The van der Waals surface area contributed by atoms with Crippen LogP contribution < -0.4 is 5.32 Å². The average Bonchev–Trinajstić information content (AvgIpc) is 2.75. The number of esters is 2. The van der Waals surface area contributed by atoms with Crippen LogP contribution in [-0.4, -0.2) is 42.9 Å². The minimum absolute atomic E-state index is 0.182. The second-order valence-electron chi connectivity index (χ2n) is 7.89. The second-order valence-corrected chi connectivity index (χ2v) is 9.28. The number of benzene rings is 1. The van der Waals surface area contributed by atoms with Crippen LogP contribution in [-0.2, 0) is 23.9 Å². The lowest BCUT2D eigenvalue weighted by Gasteiger charge is -2.38. The van der Waals surface area contributed by atoms with Crippen LogP contribution in [0.2, 0.25) is 0 Å². The van der Waals surface area contributed by atoms with Crippen LogP contribution in [0.4, 0.5) is 4.39 Å². The van der Waals surface area contributed by atoms with E-state index in [4.69, 9.17) is 9.47 Å². The SMILES string of the molecule is CCSCCOC(=O)C1=C(C)NC2=C(C(=O)[C@H](C(=O)OC)[C@@H](C)C2)[C@H]1c1ccccc1F. The first-order valence-electron chi connectivity index (χ1n) is 10.6. The van der Waals surface area contributed by atoms with Gasteiger partial charge in [-0.15, -0.1) is 0 Å². The summed E-state index contributed by atoms with van der Waals surface area (Å²) < 4.78 is 25.3. The summed E-state index contributed by atoms with van der Waals surface area (Å²) in [6, 6.07) is 6.06. The number of nitrogens with one attached hydrogen (secondary N) is 1. The molecule has 0 saturated heterocycles. The Labute approximate surface area is 191 Å². The van der Waals surface area contributed by atoms with E-state index in [0.717, 1.165) is 5.75 Å². The number of halogens is 1. The Morgan fingerprint density at radius 1 is 1.28 bits per heavy atom. The van der Waals surface area contributed by atoms with Gasteiger partial charge >= 0.3 is 11.9 Å². The lowest BCUT2D eigenvalue weighted by Crippen LogP contribution is -2.43. The molecule has 0 radical (unpaired) electrons. The summed E-state index contributed by atoms with van der Waals surface area (Å²) in [6.07, 6.45) is 0.401. The molecule has 172 valence electrons. The highest BCUT2D eigenvalue weighted by Crippen LogP contribution is 2.46. The van der Waals surface area contributed by atoms with Gasteiger partial charge in [0.25, 0.3) is 0 Å². The molecule has 1 N–H and O–H groups in total. The van der Waals surface area contributed by atoms with Crippen molar-refractivity contribution >= 4 is 29.5 Å². The van der Waals surface area contributed by atoms with Gasteiger partial charge < -0.3 is 14.8 Å². The van der Waals surface area contributed by atoms with Gasteiger partial charge in [-0.05, 0) is 31.1 Å². The van der Waals surface area contributed by atoms with Gasteiger partial charge in [0.15, 0.2) is 5.78 Å². The molecule has 0 amide bonds. The van der Waals surface area contributed by atoms with Crippen molar-refractivity contribution in [2.45, 2.75) is 33.1 Å². The highest BCUT2D eigenvalue weighted by atomic mass is 32.2. The van der Waals surface area contributed by atoms with Crippen molar-refractivity contribution in [3.63, 3.8) is 0 Å². The normalized spacial score (nSPS) is 22.9. The second kappa shape index (κ2) is 10.3. The van der Waals surface area contributed by atoms with Gasteiger partial charge in [0, 0.05) is 28.3 Å². The van der Waals surface area contributed by atoms with Crippen LogP contribution in [0.25, 0.3) is 0 Å². The summed E-state index contributed by atoms with van der Waals surface area (Å²) in [7, 11) is 1.24. The molecule has 0 saturated carbocycles. The number of carbonyl (C=O) groups is 3. The third kappa shape index (κ3) is 4.60. The van der Waals surface area contributed by atoms with Crippen LogP contribution in [0.3, 0.4) is 0 Å². The molecule has 0 unspecified atom stereocenters. The van der Waals surface area contributed by atoms with Crippen molar-refractivity contribution in [3.8, 4) is 0 Å². The highest BCUT2D eigenvalue weighted by Gasteiger charge is 2.47. The smallest absolute Gasteiger partial charge is 0.336 e. The fourth-order valence-electron chi connectivity index (χ4n) is 4.39. The van der Waals surface area contributed by atoms with Gasteiger partial charge in [-0.1, -0.05) is 32.0 Å². The molecule has 3 rings (SSSR count). The molecule has 0 aromatic heterocycles. The number of methoxy groups -OCH3 is 1. The van der Waals surface area contributed by atoms with E-state index in [2.05, 4.69) is 5.32 Å². The van der Waals surface area contributed by atoms with Crippen molar-refractivity contribution in [2.75, 3.05) is 25.2 Å². The van der Waals surface area contributed by atoms with Crippen molar-refractivity contribution < 1.29 is 28.2 Å². The Morgan fingerprint density at radius 2 is 2.00 bits per heavy atom. The Morgan fingerprint density at radius 3 is 2.66 bits per heavy atom. The number of dihydropyridines is 1. The Kier molecular flexibility index (Phi) is 7.77. The van der Waals surface area contributed by atoms with Crippen LogP contribution in [0.5, 0.6) is 0 Å². The van der Waals surface area contributed by atoms with Crippen LogP contribution in [0.15, 0.2) is 46.8 Å². The van der Waals surface area contributed by atoms with Crippen LogP contribution in [0, 0.1) is 17.7 Å². The number of ether oxygens (including phenoxy) is 2. The highest BCUT2D eigenvalue weighted by molar-refractivity contribution is 7.99. The molecule has 6 nitrogen and oxygen atoms in total. The van der Waals surface area contributed by atoms with Crippen LogP contribution >= 0.6 is 11.8 Å². The van der Waals surface area contributed by atoms with Gasteiger partial charge in [-0.3, -0.25) is 9.59 Å². The maximum atomic E-state index is 15.0. The van der Waals surface area contributed by atoms with E-state index in [-0.39, 0.29) is 29.2 Å². The first-order chi connectivity index (χ1) is 15.3. The topological polar surface area (TPSA) is 81.7 Å². The minimum atomic E-state index is -1.01.